The number of hydrogen-bond acceptors (Lipinski definition) is 5. The Hall–Kier alpha value is -3.32. The van der Waals surface area contributed by atoms with Gasteiger partial charge in [0.25, 0.3) is 11.8 Å². The van der Waals surface area contributed by atoms with Gasteiger partial charge in [-0.05, 0) is 43.3 Å². The van der Waals surface area contributed by atoms with Gasteiger partial charge in [-0.15, -0.1) is 0 Å². The second-order valence-electron chi connectivity index (χ2n) is 7.64. The molecule has 0 radical (unpaired) electrons. The van der Waals surface area contributed by atoms with E-state index in [-0.39, 0.29) is 11.8 Å². The Morgan fingerprint density at radius 1 is 0.875 bits per heavy atom. The molecule has 0 atom stereocenters. The molecule has 4 rings (SSSR count). The summed E-state index contributed by atoms with van der Waals surface area (Å²) in [6.45, 7) is 3.60. The Labute approximate surface area is 191 Å². The molecule has 1 saturated heterocycles. The quantitative estimate of drug-likeness (QED) is 0.600. The van der Waals surface area contributed by atoms with Crippen molar-refractivity contribution in [2.75, 3.05) is 40.4 Å². The van der Waals surface area contributed by atoms with Crippen LogP contribution < -0.4 is 9.47 Å². The van der Waals surface area contributed by atoms with Crippen molar-refractivity contribution in [3.05, 3.63) is 64.3 Å². The summed E-state index contributed by atoms with van der Waals surface area (Å²) in [6.07, 6.45) is 0. The fraction of sp³-hybridized carbons (Fsp3) is 0.292. The Bertz CT molecular complexity index is 1170. The largest absolute Gasteiger partial charge is 0.497 e. The highest BCUT2D eigenvalue weighted by Gasteiger charge is 2.27. The first-order valence-electron chi connectivity index (χ1n) is 10.3. The summed E-state index contributed by atoms with van der Waals surface area (Å²) in [4.78, 5) is 34.2. The molecule has 0 unspecified atom stereocenters. The van der Waals surface area contributed by atoms with E-state index in [9.17, 15) is 9.59 Å². The van der Waals surface area contributed by atoms with Gasteiger partial charge in [-0.3, -0.25) is 14.6 Å². The van der Waals surface area contributed by atoms with Gasteiger partial charge in [-0.25, -0.2) is 0 Å². The van der Waals surface area contributed by atoms with E-state index in [2.05, 4.69) is 4.98 Å². The average molecular weight is 454 g/mol. The predicted molar refractivity (Wildman–Crippen MR) is 123 cm³/mol. The number of nitrogens with zero attached hydrogens (tertiary/aromatic N) is 3. The summed E-state index contributed by atoms with van der Waals surface area (Å²) in [5.41, 5.74) is 2.52. The van der Waals surface area contributed by atoms with Crippen molar-refractivity contribution in [3.8, 4) is 11.5 Å². The number of halogens is 1. The number of aryl methyl sites for hydroxylation is 1. The lowest BCUT2D eigenvalue weighted by Gasteiger charge is -2.35. The predicted octanol–water partition coefficient (Wildman–Crippen LogP) is 3.81. The van der Waals surface area contributed by atoms with Crippen LogP contribution in [0.5, 0.6) is 11.5 Å². The third kappa shape index (κ3) is 4.34. The normalized spacial score (nSPS) is 13.9. The van der Waals surface area contributed by atoms with Crippen molar-refractivity contribution in [3.63, 3.8) is 0 Å². The average Bonchev–Trinajstić information content (AvgIpc) is 2.82. The molecule has 0 N–H and O–H groups in total. The molecule has 1 aliphatic heterocycles. The van der Waals surface area contributed by atoms with E-state index < -0.39 is 0 Å². The summed E-state index contributed by atoms with van der Waals surface area (Å²) >= 11 is 6.10. The van der Waals surface area contributed by atoms with Crippen LogP contribution in [0.2, 0.25) is 5.02 Å². The molecule has 3 aromatic rings. The highest BCUT2D eigenvalue weighted by Crippen LogP contribution is 2.25. The lowest BCUT2D eigenvalue weighted by atomic mass is 10.1. The third-order valence-corrected chi connectivity index (χ3v) is 5.89. The van der Waals surface area contributed by atoms with Crippen molar-refractivity contribution in [2.24, 2.45) is 0 Å². The van der Waals surface area contributed by atoms with Crippen molar-refractivity contribution in [2.45, 2.75) is 6.92 Å². The molecule has 7 nitrogen and oxygen atoms in total. The van der Waals surface area contributed by atoms with Crippen molar-refractivity contribution < 1.29 is 19.1 Å². The number of fused-ring (bicyclic) bond motifs is 1. The Morgan fingerprint density at radius 2 is 1.47 bits per heavy atom. The summed E-state index contributed by atoms with van der Waals surface area (Å²) < 4.78 is 10.5. The van der Waals surface area contributed by atoms with E-state index in [1.54, 1.807) is 54.4 Å². The van der Waals surface area contributed by atoms with Crippen molar-refractivity contribution in [1.29, 1.82) is 0 Å². The smallest absolute Gasteiger partial charge is 0.255 e. The molecule has 8 heteroatoms. The molecule has 32 heavy (non-hydrogen) atoms. The van der Waals surface area contributed by atoms with Gasteiger partial charge in [-0.1, -0.05) is 11.6 Å². The van der Waals surface area contributed by atoms with Crippen LogP contribution >= 0.6 is 11.6 Å². The number of aromatic nitrogens is 1. The Balaban J connectivity index is 1.48. The van der Waals surface area contributed by atoms with Gasteiger partial charge in [0.2, 0.25) is 0 Å². The monoisotopic (exact) mass is 453 g/mol. The first kappa shape index (κ1) is 21.9. The minimum Gasteiger partial charge on any atom is -0.497 e. The molecule has 1 aliphatic rings. The maximum atomic E-state index is 13.2. The minimum atomic E-state index is -0.118. The number of amides is 2. The van der Waals surface area contributed by atoms with E-state index in [1.807, 2.05) is 19.1 Å². The topological polar surface area (TPSA) is 72.0 Å². The number of hydrogen-bond donors (Lipinski definition) is 0. The highest BCUT2D eigenvalue weighted by molar-refractivity contribution is 6.31. The number of rotatable bonds is 4. The van der Waals surface area contributed by atoms with Crippen LogP contribution in [0.4, 0.5) is 0 Å². The van der Waals surface area contributed by atoms with E-state index in [0.29, 0.717) is 59.5 Å². The number of carbonyl (C=O) groups is 2. The second kappa shape index (κ2) is 9.04. The summed E-state index contributed by atoms with van der Waals surface area (Å²) in [5, 5.41) is 1.43. The van der Waals surface area contributed by atoms with Gasteiger partial charge in [0.1, 0.15) is 11.5 Å². The molecule has 1 fully saturated rings. The molecule has 0 spiro atoms. The first-order valence-corrected chi connectivity index (χ1v) is 10.7. The summed E-state index contributed by atoms with van der Waals surface area (Å²) in [6, 6.07) is 12.4. The van der Waals surface area contributed by atoms with Gasteiger partial charge in [0, 0.05) is 48.2 Å². The Morgan fingerprint density at radius 3 is 2.06 bits per heavy atom. The SMILES string of the molecule is COc1cc(OC)cc(C(=O)N2CCN(C(=O)c3cc4cc(Cl)ccc4nc3C)CC2)c1. The van der Waals surface area contributed by atoms with Crippen LogP contribution in [0.25, 0.3) is 10.9 Å². The highest BCUT2D eigenvalue weighted by atomic mass is 35.5. The summed E-state index contributed by atoms with van der Waals surface area (Å²) in [7, 11) is 3.09. The van der Waals surface area contributed by atoms with Gasteiger partial charge in [-0.2, -0.15) is 0 Å². The number of methoxy groups -OCH3 is 2. The fourth-order valence-corrected chi connectivity index (χ4v) is 4.04. The zero-order valence-corrected chi connectivity index (χ0v) is 19.0. The number of benzene rings is 2. The van der Waals surface area contributed by atoms with Crippen LogP contribution in [-0.2, 0) is 0 Å². The third-order valence-electron chi connectivity index (χ3n) is 5.65. The molecule has 1 aromatic heterocycles. The van der Waals surface area contributed by atoms with Crippen LogP contribution in [0.1, 0.15) is 26.4 Å². The molecular weight excluding hydrogens is 430 g/mol. The van der Waals surface area contributed by atoms with Crippen LogP contribution in [0, 0.1) is 6.92 Å². The lowest BCUT2D eigenvalue weighted by molar-refractivity contribution is 0.0534. The van der Waals surface area contributed by atoms with Gasteiger partial charge >= 0.3 is 0 Å². The minimum absolute atomic E-state index is 0.0907. The van der Waals surface area contributed by atoms with E-state index in [4.69, 9.17) is 21.1 Å². The Kier molecular flexibility index (Phi) is 6.19. The number of carbonyl (C=O) groups excluding carboxylic acids is 2. The van der Waals surface area contributed by atoms with Crippen molar-refractivity contribution >= 4 is 34.3 Å². The maximum Gasteiger partial charge on any atom is 0.255 e. The molecule has 0 bridgehead atoms. The molecule has 2 amide bonds. The number of ether oxygens (including phenoxy) is 2. The molecule has 0 aliphatic carbocycles. The molecular formula is C24H24ClN3O4. The first-order chi connectivity index (χ1) is 15.4. The maximum absolute atomic E-state index is 13.2. The number of piperazine rings is 1. The standard InChI is InChI=1S/C24H24ClN3O4/c1-15-21(13-16-10-18(25)4-5-22(16)26-15)24(30)28-8-6-27(7-9-28)23(29)17-11-19(31-2)14-20(12-17)32-3/h4-5,10-14H,6-9H2,1-3H3. The van der Waals surface area contributed by atoms with Gasteiger partial charge in [0.15, 0.2) is 0 Å². The second-order valence-corrected chi connectivity index (χ2v) is 8.08. The zero-order chi connectivity index (χ0) is 22.8. The molecule has 0 saturated carbocycles. The molecule has 2 heterocycles. The lowest BCUT2D eigenvalue weighted by Crippen LogP contribution is -2.50. The van der Waals surface area contributed by atoms with Crippen LogP contribution in [-0.4, -0.2) is 67.0 Å². The molecule has 166 valence electrons. The van der Waals surface area contributed by atoms with E-state index >= 15 is 0 Å². The van der Waals surface area contributed by atoms with Crippen LogP contribution in [0.3, 0.4) is 0 Å². The van der Waals surface area contributed by atoms with Gasteiger partial charge < -0.3 is 19.3 Å². The zero-order valence-electron chi connectivity index (χ0n) is 18.2. The molecule has 2 aromatic carbocycles. The fourth-order valence-electron chi connectivity index (χ4n) is 3.86. The van der Waals surface area contributed by atoms with Crippen molar-refractivity contribution in [1.82, 2.24) is 14.8 Å². The summed E-state index contributed by atoms with van der Waals surface area (Å²) in [5.74, 6) is 0.904. The van der Waals surface area contributed by atoms with Gasteiger partial charge in [0.05, 0.1) is 31.0 Å². The van der Waals surface area contributed by atoms with E-state index in [0.717, 1.165) is 10.9 Å². The number of pyridine rings is 1. The van der Waals surface area contributed by atoms with E-state index in [1.165, 1.54) is 0 Å². The van der Waals surface area contributed by atoms with Crippen LogP contribution in [0.15, 0.2) is 42.5 Å².